The Morgan fingerprint density at radius 3 is 1.12 bits per heavy atom. The van der Waals surface area contributed by atoms with E-state index in [0.29, 0.717) is 0 Å². The smallest absolute Gasteiger partial charge is 0.308 e. The molecule has 0 aliphatic rings. The molecular formula is C28H20F6N4O4S. The average Bonchev–Trinajstić information content (AvgIpc) is 2.92. The van der Waals surface area contributed by atoms with Gasteiger partial charge in [-0.15, -0.1) is 0 Å². The van der Waals surface area contributed by atoms with Crippen LogP contribution in [0.15, 0.2) is 107 Å². The van der Waals surface area contributed by atoms with Crippen LogP contribution in [0.3, 0.4) is 0 Å². The standard InChI is InChI=1S/C28H20F6N4O4S/c29-27(30,31)17-5-1-7-19(13-17)35-25(39)37-21-9-3-11-23(15-21)43(41,42)24-12-4-10-22(16-24)38-26(40)36-20-8-2-6-18(14-20)28(32,33)34/h1-16H,(H2,35,37,39)(H2,36,38,40). The molecule has 43 heavy (non-hydrogen) atoms. The van der Waals surface area contributed by atoms with Gasteiger partial charge >= 0.3 is 24.4 Å². The molecule has 0 unspecified atom stereocenters. The van der Waals surface area contributed by atoms with Crippen molar-refractivity contribution in [3.8, 4) is 0 Å². The maximum absolute atomic E-state index is 13.3. The van der Waals surface area contributed by atoms with Crippen molar-refractivity contribution in [3.63, 3.8) is 0 Å². The first-order valence-electron chi connectivity index (χ1n) is 12.1. The second-order valence-electron chi connectivity index (χ2n) is 8.87. The van der Waals surface area contributed by atoms with E-state index >= 15 is 0 Å². The number of amides is 4. The van der Waals surface area contributed by atoms with E-state index in [4.69, 9.17) is 0 Å². The van der Waals surface area contributed by atoms with Crippen LogP contribution in [-0.4, -0.2) is 20.5 Å². The predicted octanol–water partition coefficient (Wildman–Crippen LogP) is 7.85. The van der Waals surface area contributed by atoms with E-state index in [9.17, 15) is 44.3 Å². The van der Waals surface area contributed by atoms with Gasteiger partial charge in [-0.1, -0.05) is 24.3 Å². The van der Waals surface area contributed by atoms with Crippen LogP contribution in [0.2, 0.25) is 0 Å². The quantitative estimate of drug-likeness (QED) is 0.164. The molecule has 0 radical (unpaired) electrons. The zero-order valence-corrected chi connectivity index (χ0v) is 22.4. The molecule has 0 aliphatic heterocycles. The number of carbonyl (C=O) groups is 2. The lowest BCUT2D eigenvalue weighted by atomic mass is 10.2. The highest BCUT2D eigenvalue weighted by atomic mass is 32.2. The summed E-state index contributed by atoms with van der Waals surface area (Å²) in [6.45, 7) is 0. The summed E-state index contributed by atoms with van der Waals surface area (Å²) < 4.78 is 104. The van der Waals surface area contributed by atoms with Gasteiger partial charge in [0.2, 0.25) is 9.84 Å². The molecule has 0 heterocycles. The summed E-state index contributed by atoms with van der Waals surface area (Å²) in [5, 5.41) is 9.20. The van der Waals surface area contributed by atoms with E-state index in [2.05, 4.69) is 21.3 Å². The fourth-order valence-corrected chi connectivity index (χ4v) is 5.10. The lowest BCUT2D eigenvalue weighted by Crippen LogP contribution is -2.20. The minimum Gasteiger partial charge on any atom is -0.308 e. The summed E-state index contributed by atoms with van der Waals surface area (Å²) in [6.07, 6.45) is -9.23. The molecule has 0 aromatic heterocycles. The molecule has 4 aromatic carbocycles. The molecule has 0 saturated heterocycles. The van der Waals surface area contributed by atoms with Crippen LogP contribution in [0.1, 0.15) is 11.1 Å². The zero-order chi connectivity index (χ0) is 31.4. The Kier molecular flexibility index (Phi) is 8.66. The first kappa shape index (κ1) is 30.9. The van der Waals surface area contributed by atoms with Crippen molar-refractivity contribution < 1.29 is 44.3 Å². The number of hydrogen-bond donors (Lipinski definition) is 4. The highest BCUT2D eigenvalue weighted by Gasteiger charge is 2.31. The third-order valence-corrected chi connectivity index (χ3v) is 7.45. The van der Waals surface area contributed by atoms with Crippen molar-refractivity contribution in [1.29, 1.82) is 0 Å². The van der Waals surface area contributed by atoms with Gasteiger partial charge in [0.25, 0.3) is 0 Å². The molecule has 8 nitrogen and oxygen atoms in total. The van der Waals surface area contributed by atoms with Crippen molar-refractivity contribution in [2.24, 2.45) is 0 Å². The minimum atomic E-state index is -4.62. The summed E-state index contributed by atoms with van der Waals surface area (Å²) in [7, 11) is -4.21. The molecule has 0 aliphatic carbocycles. The van der Waals surface area contributed by atoms with Gasteiger partial charge in [-0.05, 0) is 72.8 Å². The summed E-state index contributed by atoms with van der Waals surface area (Å²) in [5.74, 6) is 0. The van der Waals surface area contributed by atoms with Gasteiger partial charge in [0.15, 0.2) is 0 Å². The molecule has 0 bridgehead atoms. The number of rotatable bonds is 6. The predicted molar refractivity (Wildman–Crippen MR) is 147 cm³/mol. The number of anilines is 4. The van der Waals surface area contributed by atoms with Crippen LogP contribution >= 0.6 is 0 Å². The largest absolute Gasteiger partial charge is 0.416 e. The lowest BCUT2D eigenvalue weighted by Gasteiger charge is -2.12. The topological polar surface area (TPSA) is 116 Å². The van der Waals surface area contributed by atoms with Gasteiger partial charge in [-0.3, -0.25) is 0 Å². The molecule has 224 valence electrons. The Balaban J connectivity index is 1.45. The fraction of sp³-hybridized carbons (Fsp3) is 0.0714. The van der Waals surface area contributed by atoms with Crippen molar-refractivity contribution >= 4 is 44.6 Å². The molecule has 0 saturated carbocycles. The number of halogens is 6. The minimum absolute atomic E-state index is 0.0142. The van der Waals surface area contributed by atoms with Crippen LogP contribution in [0, 0.1) is 0 Å². The monoisotopic (exact) mass is 622 g/mol. The van der Waals surface area contributed by atoms with Gasteiger partial charge in [0, 0.05) is 22.7 Å². The van der Waals surface area contributed by atoms with E-state index in [1.807, 2.05) is 0 Å². The van der Waals surface area contributed by atoms with Crippen molar-refractivity contribution in [2.45, 2.75) is 22.1 Å². The van der Waals surface area contributed by atoms with Crippen molar-refractivity contribution in [2.75, 3.05) is 21.3 Å². The van der Waals surface area contributed by atoms with Crippen LogP contribution in [-0.2, 0) is 22.2 Å². The molecule has 4 aromatic rings. The Morgan fingerprint density at radius 1 is 0.488 bits per heavy atom. The number of carbonyl (C=O) groups excluding carboxylic acids is 2. The number of nitrogens with one attached hydrogen (secondary N) is 4. The van der Waals surface area contributed by atoms with Crippen molar-refractivity contribution in [1.82, 2.24) is 0 Å². The number of urea groups is 2. The summed E-state index contributed by atoms with van der Waals surface area (Å²) in [6, 6.07) is 16.1. The SMILES string of the molecule is O=C(Nc1cccc(C(F)(F)F)c1)Nc1cccc(S(=O)(=O)c2cccc(NC(=O)Nc3cccc(C(F)(F)F)c3)c2)c1. The van der Waals surface area contributed by atoms with Gasteiger partial charge < -0.3 is 21.3 Å². The number of hydrogen-bond acceptors (Lipinski definition) is 4. The zero-order valence-electron chi connectivity index (χ0n) is 21.5. The summed E-state index contributed by atoms with van der Waals surface area (Å²) >= 11 is 0. The van der Waals surface area contributed by atoms with E-state index in [-0.39, 0.29) is 32.5 Å². The number of benzene rings is 4. The first-order valence-corrected chi connectivity index (χ1v) is 13.6. The second-order valence-corrected chi connectivity index (χ2v) is 10.8. The van der Waals surface area contributed by atoms with Gasteiger partial charge in [-0.25, -0.2) is 18.0 Å². The van der Waals surface area contributed by atoms with Crippen molar-refractivity contribution in [3.05, 3.63) is 108 Å². The molecule has 4 N–H and O–H groups in total. The fourth-order valence-electron chi connectivity index (χ4n) is 3.75. The molecule has 0 atom stereocenters. The Hall–Kier alpha value is -5.05. The lowest BCUT2D eigenvalue weighted by molar-refractivity contribution is -0.138. The molecule has 4 amide bonds. The van der Waals surface area contributed by atoms with Gasteiger partial charge in [0.1, 0.15) is 0 Å². The van der Waals surface area contributed by atoms with Crippen LogP contribution in [0.5, 0.6) is 0 Å². The molecule has 0 fully saturated rings. The van der Waals surface area contributed by atoms with Crippen LogP contribution in [0.4, 0.5) is 58.7 Å². The molecular weight excluding hydrogens is 602 g/mol. The molecule has 15 heteroatoms. The summed E-state index contributed by atoms with van der Waals surface area (Å²) in [4.78, 5) is 24.2. The van der Waals surface area contributed by atoms with Crippen LogP contribution in [0.25, 0.3) is 0 Å². The van der Waals surface area contributed by atoms with Crippen LogP contribution < -0.4 is 21.3 Å². The highest BCUT2D eigenvalue weighted by molar-refractivity contribution is 7.91. The Labute approximate surface area is 240 Å². The van der Waals surface area contributed by atoms with E-state index in [0.717, 1.165) is 48.5 Å². The summed E-state index contributed by atoms with van der Waals surface area (Å²) in [5.41, 5.74) is -2.19. The number of sulfone groups is 1. The second kappa shape index (κ2) is 12.1. The highest BCUT2D eigenvalue weighted by Crippen LogP contribution is 2.32. The maximum atomic E-state index is 13.3. The van der Waals surface area contributed by atoms with E-state index < -0.39 is 45.4 Å². The van der Waals surface area contributed by atoms with Gasteiger partial charge in [-0.2, -0.15) is 26.3 Å². The van der Waals surface area contributed by atoms with Gasteiger partial charge in [0.05, 0.1) is 20.9 Å². The van der Waals surface area contributed by atoms with E-state index in [1.54, 1.807) is 0 Å². The Morgan fingerprint density at radius 2 is 0.791 bits per heavy atom. The average molecular weight is 623 g/mol. The third-order valence-electron chi connectivity index (χ3n) is 5.70. The third kappa shape index (κ3) is 8.03. The maximum Gasteiger partial charge on any atom is 0.416 e. The first-order chi connectivity index (χ1) is 20.1. The molecule has 4 rings (SSSR count). The van der Waals surface area contributed by atoms with E-state index in [1.165, 1.54) is 48.5 Å². The normalized spacial score (nSPS) is 11.9. The molecule has 0 spiro atoms. The Bertz CT molecular complexity index is 1650. The number of alkyl halides is 6.